The molecule has 1 aromatic heterocycles. The van der Waals surface area contributed by atoms with Gasteiger partial charge >= 0.3 is 12.1 Å². The van der Waals surface area contributed by atoms with Gasteiger partial charge in [-0.2, -0.15) is 13.2 Å². The van der Waals surface area contributed by atoms with Gasteiger partial charge < -0.3 is 15.7 Å². The summed E-state index contributed by atoms with van der Waals surface area (Å²) in [6.07, 6.45) is 0.226. The van der Waals surface area contributed by atoms with Crippen LogP contribution in [0.3, 0.4) is 0 Å². The number of aromatic nitrogens is 3. The molecular weight excluding hydrogens is 463 g/mol. The van der Waals surface area contributed by atoms with Gasteiger partial charge in [-0.3, -0.25) is 4.79 Å². The Bertz CT molecular complexity index is 1140. The minimum atomic E-state index is -5.08. The summed E-state index contributed by atoms with van der Waals surface area (Å²) in [6, 6.07) is 15.7. The number of alkyl halides is 3. The third kappa shape index (κ3) is 7.38. The van der Waals surface area contributed by atoms with Gasteiger partial charge in [0.05, 0.1) is 12.2 Å². The van der Waals surface area contributed by atoms with Gasteiger partial charge in [0.2, 0.25) is 0 Å². The number of hydrogen-bond donors (Lipinski definition) is 3. The number of anilines is 1. The minimum Gasteiger partial charge on any atom is -0.475 e. The molecule has 1 aliphatic rings. The maximum Gasteiger partial charge on any atom is 0.490 e. The highest BCUT2D eigenvalue weighted by molar-refractivity contribution is 6.05. The molecule has 1 fully saturated rings. The second-order valence-corrected chi connectivity index (χ2v) is 8.07. The number of aryl methyl sites for hydroxylation is 1. The molecule has 2 heterocycles. The molecule has 3 aromatic rings. The Morgan fingerprint density at radius 3 is 2.51 bits per heavy atom. The molecule has 4 rings (SSSR count). The first-order valence-corrected chi connectivity index (χ1v) is 11.0. The number of para-hydroxylation sites is 1. The summed E-state index contributed by atoms with van der Waals surface area (Å²) in [6.45, 7) is 4.02. The van der Waals surface area contributed by atoms with Crippen LogP contribution in [0.5, 0.6) is 0 Å². The van der Waals surface area contributed by atoms with E-state index in [9.17, 15) is 18.0 Å². The lowest BCUT2D eigenvalue weighted by molar-refractivity contribution is -0.192. The minimum absolute atomic E-state index is 0.118. The number of carboxylic acid groups (broad SMARTS) is 1. The van der Waals surface area contributed by atoms with Gasteiger partial charge in [0, 0.05) is 16.8 Å². The fraction of sp³-hybridized carbons (Fsp3) is 0.333. The summed E-state index contributed by atoms with van der Waals surface area (Å²) in [5, 5.41) is 22.2. The molecule has 1 saturated heterocycles. The van der Waals surface area contributed by atoms with E-state index in [4.69, 9.17) is 9.90 Å². The van der Waals surface area contributed by atoms with Crippen LogP contribution in [-0.4, -0.2) is 51.2 Å². The molecule has 35 heavy (non-hydrogen) atoms. The highest BCUT2D eigenvalue weighted by atomic mass is 19.4. The van der Waals surface area contributed by atoms with E-state index in [2.05, 4.69) is 20.9 Å². The van der Waals surface area contributed by atoms with Crippen LogP contribution in [0, 0.1) is 6.92 Å². The first-order valence-electron chi connectivity index (χ1n) is 11.0. The quantitative estimate of drug-likeness (QED) is 0.500. The van der Waals surface area contributed by atoms with Gasteiger partial charge in [0.25, 0.3) is 5.91 Å². The van der Waals surface area contributed by atoms with Crippen LogP contribution in [-0.2, 0) is 4.79 Å². The average molecular weight is 489 g/mol. The van der Waals surface area contributed by atoms with Crippen molar-refractivity contribution in [1.29, 1.82) is 0 Å². The Balaban J connectivity index is 0.000000429. The Morgan fingerprint density at radius 1 is 1.11 bits per heavy atom. The number of carbonyl (C=O) groups is 2. The number of halogens is 3. The zero-order chi connectivity index (χ0) is 25.4. The van der Waals surface area contributed by atoms with Crippen molar-refractivity contribution >= 4 is 17.6 Å². The third-order valence-corrected chi connectivity index (χ3v) is 5.48. The number of rotatable bonds is 4. The molecule has 0 radical (unpaired) electrons. The highest BCUT2D eigenvalue weighted by Crippen LogP contribution is 2.24. The van der Waals surface area contributed by atoms with E-state index in [1.807, 2.05) is 66.3 Å². The fourth-order valence-electron chi connectivity index (χ4n) is 3.60. The summed E-state index contributed by atoms with van der Waals surface area (Å²) in [7, 11) is 0. The third-order valence-electron chi connectivity index (χ3n) is 5.48. The number of aliphatic carboxylic acids is 1. The van der Waals surface area contributed by atoms with Crippen molar-refractivity contribution in [3.63, 3.8) is 0 Å². The second kappa shape index (κ2) is 11.6. The monoisotopic (exact) mass is 489 g/mol. The van der Waals surface area contributed by atoms with Crippen molar-refractivity contribution in [3.05, 3.63) is 65.9 Å². The number of carboxylic acids is 1. The predicted molar refractivity (Wildman–Crippen MR) is 124 cm³/mol. The van der Waals surface area contributed by atoms with Crippen LogP contribution in [0.15, 0.2) is 54.7 Å². The van der Waals surface area contributed by atoms with Gasteiger partial charge in [0.15, 0.2) is 0 Å². The average Bonchev–Trinajstić information content (AvgIpc) is 3.15. The van der Waals surface area contributed by atoms with Crippen molar-refractivity contribution in [3.8, 4) is 11.3 Å². The standard InChI is InChI=1S/C22H25N5O.C2HF3O2/c1-16-9-10-17(14-20(16)22(28)24-18-6-3-2-4-7-18)21-15-27(26-25-21)19-8-5-12-23-13-11-19;3-2(4,5)1(6)7/h2-4,6-7,9-10,14-15,19,23H,5,8,11-13H2,1H3,(H,24,28);(H,6,7). The number of hydrogen-bond acceptors (Lipinski definition) is 5. The van der Waals surface area contributed by atoms with Crippen molar-refractivity contribution in [2.24, 2.45) is 0 Å². The molecule has 0 bridgehead atoms. The molecular formula is C24H26F3N5O3. The van der Waals surface area contributed by atoms with Crippen molar-refractivity contribution in [1.82, 2.24) is 20.3 Å². The van der Waals surface area contributed by atoms with E-state index in [-0.39, 0.29) is 5.91 Å². The lowest BCUT2D eigenvalue weighted by Gasteiger charge is -2.12. The molecule has 11 heteroatoms. The summed E-state index contributed by atoms with van der Waals surface area (Å²) < 4.78 is 33.7. The van der Waals surface area contributed by atoms with E-state index in [1.54, 1.807) is 0 Å². The maximum atomic E-state index is 12.7. The number of benzene rings is 2. The molecule has 0 spiro atoms. The molecule has 8 nitrogen and oxygen atoms in total. The van der Waals surface area contributed by atoms with Crippen molar-refractivity contribution < 1.29 is 27.9 Å². The topological polar surface area (TPSA) is 109 Å². The van der Waals surface area contributed by atoms with Crippen molar-refractivity contribution in [2.45, 2.75) is 38.4 Å². The summed E-state index contributed by atoms with van der Waals surface area (Å²) in [4.78, 5) is 21.6. The molecule has 1 atom stereocenters. The van der Waals surface area contributed by atoms with Crippen LogP contribution in [0.4, 0.5) is 18.9 Å². The van der Waals surface area contributed by atoms with Crippen LogP contribution >= 0.6 is 0 Å². The number of carbonyl (C=O) groups excluding carboxylic acids is 1. The SMILES string of the molecule is Cc1ccc(-c2cn(C3CCCNCC3)nn2)cc1C(=O)Nc1ccccc1.O=C(O)C(F)(F)F. The molecule has 3 N–H and O–H groups in total. The van der Waals surface area contributed by atoms with Gasteiger partial charge in [-0.25, -0.2) is 9.48 Å². The Hall–Kier alpha value is -3.73. The van der Waals surface area contributed by atoms with Crippen LogP contribution < -0.4 is 10.6 Å². The summed E-state index contributed by atoms with van der Waals surface area (Å²) in [5.74, 6) is -2.87. The first-order chi connectivity index (χ1) is 16.6. The van der Waals surface area contributed by atoms with E-state index >= 15 is 0 Å². The lowest BCUT2D eigenvalue weighted by Crippen LogP contribution is -2.21. The van der Waals surface area contributed by atoms with E-state index in [0.717, 1.165) is 54.9 Å². The summed E-state index contributed by atoms with van der Waals surface area (Å²) >= 11 is 0. The van der Waals surface area contributed by atoms with Gasteiger partial charge in [-0.1, -0.05) is 35.5 Å². The zero-order valence-electron chi connectivity index (χ0n) is 19.0. The fourth-order valence-corrected chi connectivity index (χ4v) is 3.60. The van der Waals surface area contributed by atoms with Crippen LogP contribution in [0.1, 0.15) is 41.2 Å². The number of nitrogens with zero attached hydrogens (tertiary/aromatic N) is 3. The predicted octanol–water partition coefficient (Wildman–Crippen LogP) is 4.45. The molecule has 1 amide bonds. The Labute approximate surface area is 200 Å². The van der Waals surface area contributed by atoms with Crippen LogP contribution in [0.25, 0.3) is 11.3 Å². The largest absolute Gasteiger partial charge is 0.490 e. The summed E-state index contributed by atoms with van der Waals surface area (Å²) in [5.41, 5.74) is 4.06. The molecule has 0 aliphatic carbocycles. The molecule has 1 aliphatic heterocycles. The van der Waals surface area contributed by atoms with E-state index < -0.39 is 12.1 Å². The maximum absolute atomic E-state index is 12.7. The van der Waals surface area contributed by atoms with E-state index in [1.165, 1.54) is 0 Å². The molecule has 1 unspecified atom stereocenters. The number of nitrogens with one attached hydrogen (secondary N) is 2. The second-order valence-electron chi connectivity index (χ2n) is 8.07. The normalized spacial score (nSPS) is 15.9. The molecule has 186 valence electrons. The van der Waals surface area contributed by atoms with Gasteiger partial charge in [0.1, 0.15) is 5.69 Å². The number of amides is 1. The van der Waals surface area contributed by atoms with Gasteiger partial charge in [-0.15, -0.1) is 5.10 Å². The Kier molecular flexibility index (Phi) is 8.58. The molecule has 2 aromatic carbocycles. The smallest absolute Gasteiger partial charge is 0.475 e. The van der Waals surface area contributed by atoms with Gasteiger partial charge in [-0.05, 0) is 63.0 Å². The lowest BCUT2D eigenvalue weighted by atomic mass is 10.0. The highest BCUT2D eigenvalue weighted by Gasteiger charge is 2.38. The van der Waals surface area contributed by atoms with E-state index in [0.29, 0.717) is 11.6 Å². The first kappa shape index (κ1) is 25.9. The zero-order valence-corrected chi connectivity index (χ0v) is 19.0. The van der Waals surface area contributed by atoms with Crippen LogP contribution in [0.2, 0.25) is 0 Å². The van der Waals surface area contributed by atoms with Crippen molar-refractivity contribution in [2.75, 3.05) is 18.4 Å². The Morgan fingerprint density at radius 2 is 1.83 bits per heavy atom. The molecule has 0 saturated carbocycles.